The zero-order valence-corrected chi connectivity index (χ0v) is 20.3. The molecule has 9 nitrogen and oxygen atoms in total. The number of carbonyl (C=O) groups excluding carboxylic acids is 2. The zero-order chi connectivity index (χ0) is 24.8. The van der Waals surface area contributed by atoms with E-state index in [4.69, 9.17) is 4.74 Å². The van der Waals surface area contributed by atoms with E-state index in [9.17, 15) is 9.59 Å². The Morgan fingerprint density at radius 2 is 1.83 bits per heavy atom. The number of pyridine rings is 1. The van der Waals surface area contributed by atoms with Gasteiger partial charge in [0.15, 0.2) is 11.0 Å². The second kappa shape index (κ2) is 10.8. The molecular weight excluding hydrogens is 464 g/mol. The van der Waals surface area contributed by atoms with E-state index in [2.05, 4.69) is 31.9 Å². The van der Waals surface area contributed by atoms with Crippen LogP contribution in [0.1, 0.15) is 11.1 Å². The van der Waals surface area contributed by atoms with Crippen molar-refractivity contribution in [3.63, 3.8) is 0 Å². The average molecular weight is 489 g/mol. The number of benzene rings is 2. The molecule has 2 aromatic heterocycles. The number of amides is 3. The lowest BCUT2D eigenvalue weighted by atomic mass is 10.1. The van der Waals surface area contributed by atoms with Crippen LogP contribution in [0.4, 0.5) is 10.5 Å². The van der Waals surface area contributed by atoms with Crippen LogP contribution in [0.2, 0.25) is 0 Å². The van der Waals surface area contributed by atoms with Crippen LogP contribution < -0.4 is 15.4 Å². The van der Waals surface area contributed by atoms with Crippen LogP contribution in [0, 0.1) is 13.8 Å². The summed E-state index contributed by atoms with van der Waals surface area (Å²) in [5, 5.41) is 14.1. The SMILES string of the molecule is COc1ccc(NC(=O)NC(=O)CSc2nnc(-c3ccccn3)n2-c2ccc(C)cc2C)cc1. The Hall–Kier alpha value is -4.18. The molecule has 0 aliphatic rings. The average Bonchev–Trinajstić information content (AvgIpc) is 3.27. The summed E-state index contributed by atoms with van der Waals surface area (Å²) in [4.78, 5) is 29.1. The molecule has 10 heteroatoms. The monoisotopic (exact) mass is 488 g/mol. The molecule has 4 rings (SSSR count). The molecule has 2 N–H and O–H groups in total. The second-order valence-corrected chi connectivity index (χ2v) is 8.61. The molecule has 35 heavy (non-hydrogen) atoms. The number of aromatic nitrogens is 4. The van der Waals surface area contributed by atoms with Crippen LogP contribution in [0.3, 0.4) is 0 Å². The molecule has 3 amide bonds. The Labute approximate surface area is 206 Å². The lowest BCUT2D eigenvalue weighted by Crippen LogP contribution is -2.35. The highest BCUT2D eigenvalue weighted by Gasteiger charge is 2.20. The highest BCUT2D eigenvalue weighted by Crippen LogP contribution is 2.29. The van der Waals surface area contributed by atoms with Gasteiger partial charge in [-0.15, -0.1) is 10.2 Å². The number of imide groups is 1. The van der Waals surface area contributed by atoms with Gasteiger partial charge in [-0.1, -0.05) is 35.5 Å². The van der Waals surface area contributed by atoms with Crippen molar-refractivity contribution in [3.05, 3.63) is 78.0 Å². The maximum atomic E-state index is 12.5. The zero-order valence-electron chi connectivity index (χ0n) is 19.5. The summed E-state index contributed by atoms with van der Waals surface area (Å²) in [6.07, 6.45) is 1.69. The van der Waals surface area contributed by atoms with Crippen molar-refractivity contribution in [2.75, 3.05) is 18.2 Å². The maximum Gasteiger partial charge on any atom is 0.325 e. The number of rotatable bonds is 7. The molecule has 2 aromatic carbocycles. The van der Waals surface area contributed by atoms with Gasteiger partial charge in [0.05, 0.1) is 18.6 Å². The number of urea groups is 1. The number of hydrogen-bond donors (Lipinski definition) is 2. The van der Waals surface area contributed by atoms with Crippen LogP contribution in [0.5, 0.6) is 5.75 Å². The van der Waals surface area contributed by atoms with Crippen LogP contribution in [-0.4, -0.2) is 44.5 Å². The van der Waals surface area contributed by atoms with Crippen molar-refractivity contribution < 1.29 is 14.3 Å². The molecule has 0 spiro atoms. The number of carbonyl (C=O) groups is 2. The van der Waals surface area contributed by atoms with E-state index in [-0.39, 0.29) is 5.75 Å². The van der Waals surface area contributed by atoms with E-state index in [0.717, 1.165) is 16.8 Å². The first kappa shape index (κ1) is 24.0. The van der Waals surface area contributed by atoms with Gasteiger partial charge in [-0.3, -0.25) is 19.7 Å². The number of aryl methyl sites for hydroxylation is 2. The second-order valence-electron chi connectivity index (χ2n) is 7.67. The van der Waals surface area contributed by atoms with Crippen molar-refractivity contribution in [2.45, 2.75) is 19.0 Å². The minimum absolute atomic E-state index is 0.0265. The third-order valence-electron chi connectivity index (χ3n) is 5.05. The molecule has 2 heterocycles. The summed E-state index contributed by atoms with van der Waals surface area (Å²) in [5.41, 5.74) is 4.26. The fraction of sp³-hybridized carbons (Fsp3) is 0.160. The van der Waals surface area contributed by atoms with E-state index in [1.807, 2.05) is 48.7 Å². The first-order valence-corrected chi connectivity index (χ1v) is 11.8. The molecule has 0 aliphatic carbocycles. The first-order chi connectivity index (χ1) is 16.9. The van der Waals surface area contributed by atoms with Crippen molar-refractivity contribution in [1.82, 2.24) is 25.1 Å². The van der Waals surface area contributed by atoms with Gasteiger partial charge in [0.25, 0.3) is 0 Å². The number of hydrogen-bond acceptors (Lipinski definition) is 7. The van der Waals surface area contributed by atoms with E-state index >= 15 is 0 Å². The number of ether oxygens (including phenoxy) is 1. The van der Waals surface area contributed by atoms with Crippen molar-refractivity contribution in [3.8, 4) is 23.0 Å². The fourth-order valence-corrected chi connectivity index (χ4v) is 4.17. The summed E-state index contributed by atoms with van der Waals surface area (Å²) in [7, 11) is 1.56. The maximum absolute atomic E-state index is 12.5. The Kier molecular flexibility index (Phi) is 7.41. The van der Waals surface area contributed by atoms with Crippen LogP contribution in [0.25, 0.3) is 17.2 Å². The fourth-order valence-electron chi connectivity index (χ4n) is 3.43. The molecule has 178 valence electrons. The number of nitrogens with one attached hydrogen (secondary N) is 2. The topological polar surface area (TPSA) is 111 Å². The van der Waals surface area contributed by atoms with E-state index in [0.29, 0.717) is 28.1 Å². The Morgan fingerprint density at radius 3 is 2.51 bits per heavy atom. The Bertz CT molecular complexity index is 1340. The minimum Gasteiger partial charge on any atom is -0.497 e. The molecule has 0 bridgehead atoms. The number of methoxy groups -OCH3 is 1. The largest absolute Gasteiger partial charge is 0.497 e. The third-order valence-corrected chi connectivity index (χ3v) is 5.98. The van der Waals surface area contributed by atoms with Crippen LogP contribution >= 0.6 is 11.8 Å². The molecule has 4 aromatic rings. The van der Waals surface area contributed by atoms with Gasteiger partial charge in [0, 0.05) is 11.9 Å². The standard InChI is InChI=1S/C25H24N6O3S/c1-16-7-12-21(17(2)14-16)31-23(20-6-4-5-13-26-20)29-30-25(31)35-15-22(32)28-24(33)27-18-8-10-19(34-3)11-9-18/h4-14H,15H2,1-3H3,(H2,27,28,32,33). The van der Waals surface area contributed by atoms with Gasteiger partial charge < -0.3 is 10.1 Å². The van der Waals surface area contributed by atoms with Crippen LogP contribution in [-0.2, 0) is 4.79 Å². The van der Waals surface area contributed by atoms with Crippen molar-refractivity contribution in [2.24, 2.45) is 0 Å². The lowest BCUT2D eigenvalue weighted by molar-refractivity contribution is -0.117. The highest BCUT2D eigenvalue weighted by molar-refractivity contribution is 7.99. The van der Waals surface area contributed by atoms with Gasteiger partial charge in [-0.25, -0.2) is 4.79 Å². The predicted molar refractivity (Wildman–Crippen MR) is 135 cm³/mol. The first-order valence-electron chi connectivity index (χ1n) is 10.8. The molecule has 0 unspecified atom stereocenters. The van der Waals surface area contributed by atoms with Gasteiger partial charge in [0.2, 0.25) is 5.91 Å². The van der Waals surface area contributed by atoms with Crippen molar-refractivity contribution >= 4 is 29.4 Å². The summed E-state index contributed by atoms with van der Waals surface area (Å²) in [5.74, 6) is 0.746. The Balaban J connectivity index is 1.49. The number of nitrogens with zero attached hydrogens (tertiary/aromatic N) is 4. The molecule has 0 saturated carbocycles. The third kappa shape index (κ3) is 5.85. The van der Waals surface area contributed by atoms with Gasteiger partial charge in [0.1, 0.15) is 11.4 Å². The lowest BCUT2D eigenvalue weighted by Gasteiger charge is -2.13. The predicted octanol–water partition coefficient (Wildman–Crippen LogP) is 4.40. The number of anilines is 1. The molecule has 0 atom stereocenters. The summed E-state index contributed by atoms with van der Waals surface area (Å²) in [6.45, 7) is 4.04. The van der Waals surface area contributed by atoms with Gasteiger partial charge in [-0.05, 0) is 61.9 Å². The molecular formula is C25H24N6O3S. The van der Waals surface area contributed by atoms with Gasteiger partial charge in [-0.2, -0.15) is 0 Å². The Morgan fingerprint density at radius 1 is 1.03 bits per heavy atom. The van der Waals surface area contributed by atoms with E-state index < -0.39 is 11.9 Å². The quantitative estimate of drug-likeness (QED) is 0.371. The summed E-state index contributed by atoms with van der Waals surface area (Å²) < 4.78 is 6.98. The minimum atomic E-state index is -0.620. The molecule has 0 radical (unpaired) electrons. The van der Waals surface area contributed by atoms with Crippen LogP contribution in [0.15, 0.2) is 72.0 Å². The normalized spacial score (nSPS) is 10.6. The molecule has 0 aliphatic heterocycles. The summed E-state index contributed by atoms with van der Waals surface area (Å²) in [6, 6.07) is 17.8. The molecule has 0 saturated heterocycles. The van der Waals surface area contributed by atoms with Crippen molar-refractivity contribution in [1.29, 1.82) is 0 Å². The highest BCUT2D eigenvalue weighted by atomic mass is 32.2. The smallest absolute Gasteiger partial charge is 0.325 e. The molecule has 0 fully saturated rings. The summed E-state index contributed by atoms with van der Waals surface area (Å²) >= 11 is 1.18. The van der Waals surface area contributed by atoms with E-state index in [1.165, 1.54) is 11.8 Å². The number of thioether (sulfide) groups is 1. The van der Waals surface area contributed by atoms with Gasteiger partial charge >= 0.3 is 6.03 Å². The van der Waals surface area contributed by atoms with E-state index in [1.54, 1.807) is 37.6 Å².